The summed E-state index contributed by atoms with van der Waals surface area (Å²) in [6, 6.07) is 9.03. The molecule has 1 aromatic rings. The van der Waals surface area contributed by atoms with Crippen LogP contribution in [0.25, 0.3) is 0 Å². The molecule has 2 aliphatic carbocycles. The molecule has 3 heteroatoms. The number of piperidine rings is 1. The quantitative estimate of drug-likeness (QED) is 0.853. The van der Waals surface area contributed by atoms with Gasteiger partial charge in [0.15, 0.2) is 0 Å². The van der Waals surface area contributed by atoms with E-state index in [1.807, 2.05) is 0 Å². The Hall–Kier alpha value is -1.35. The van der Waals surface area contributed by atoms with E-state index in [0.29, 0.717) is 0 Å². The number of rotatable bonds is 3. The van der Waals surface area contributed by atoms with Crippen molar-refractivity contribution in [1.29, 1.82) is 0 Å². The summed E-state index contributed by atoms with van der Waals surface area (Å²) in [5, 5.41) is 3.20. The van der Waals surface area contributed by atoms with Crippen molar-refractivity contribution >= 4 is 5.91 Å². The molecule has 3 nitrogen and oxygen atoms in total. The second kappa shape index (κ2) is 7.34. The van der Waals surface area contributed by atoms with Crippen molar-refractivity contribution < 1.29 is 6.22 Å². The van der Waals surface area contributed by atoms with Gasteiger partial charge in [0.05, 0.1) is 6.04 Å². The lowest BCUT2D eigenvalue weighted by Crippen LogP contribution is -2.44. The number of hydrogen-bond donors (Lipinski definition) is 1. The lowest BCUT2D eigenvalue weighted by Gasteiger charge is -2.42. The second-order valence-electron chi connectivity index (χ2n) is 9.26. The van der Waals surface area contributed by atoms with Gasteiger partial charge >= 0.3 is 0 Å². The summed E-state index contributed by atoms with van der Waals surface area (Å²) < 4.78 is 0. The maximum Gasteiger partial charge on any atom is 0.217 e. The molecule has 0 bridgehead atoms. The van der Waals surface area contributed by atoms with Gasteiger partial charge in [0.2, 0.25) is 5.91 Å². The molecule has 1 unspecified atom stereocenters. The van der Waals surface area contributed by atoms with Crippen LogP contribution in [-0.2, 0) is 10.2 Å². The molecule has 144 valence electrons. The van der Waals surface area contributed by atoms with Crippen LogP contribution in [0.5, 0.6) is 0 Å². The van der Waals surface area contributed by atoms with E-state index in [4.69, 9.17) is 0 Å². The van der Waals surface area contributed by atoms with Gasteiger partial charge in [-0.05, 0) is 68.2 Å². The Bertz CT molecular complexity index is 654. The van der Waals surface area contributed by atoms with Crippen molar-refractivity contribution in [3.63, 3.8) is 0 Å². The third-order valence-electron chi connectivity index (χ3n) is 7.25. The van der Waals surface area contributed by atoms with Crippen molar-refractivity contribution in [2.24, 2.45) is 11.8 Å². The van der Waals surface area contributed by atoms with Gasteiger partial charge in [-0.15, -0.1) is 0 Å². The van der Waals surface area contributed by atoms with E-state index in [1.54, 1.807) is 6.92 Å². The molecule has 3 aliphatic rings. The summed E-state index contributed by atoms with van der Waals surface area (Å²) in [6.45, 7) is 7.80. The lowest BCUT2D eigenvalue weighted by atomic mass is 9.73. The van der Waals surface area contributed by atoms with Crippen molar-refractivity contribution in [2.45, 2.75) is 70.3 Å². The number of nitrogens with zero attached hydrogens (tertiary/aromatic N) is 1. The molecule has 1 saturated carbocycles. The third-order valence-corrected chi connectivity index (χ3v) is 7.25. The Balaban J connectivity index is 0.00000210. The molecular formula is C23H36N2O. The first-order valence-electron chi connectivity index (χ1n) is 10.6. The number of amides is 1. The predicted octanol–water partition coefficient (Wildman–Crippen LogP) is 4.67. The van der Waals surface area contributed by atoms with E-state index in [2.05, 4.69) is 41.4 Å². The van der Waals surface area contributed by atoms with Crippen LogP contribution >= 0.6 is 0 Å². The number of nitrogens with one attached hydrogen (secondary N) is 1. The molecule has 0 aromatic heterocycles. The first kappa shape index (κ1) is 18.0. The van der Waals surface area contributed by atoms with E-state index in [0.717, 1.165) is 18.3 Å². The van der Waals surface area contributed by atoms with E-state index >= 15 is 0 Å². The fraction of sp³-hybridized carbons (Fsp3) is 0.696. The van der Waals surface area contributed by atoms with Crippen LogP contribution in [0.2, 0.25) is 0 Å². The van der Waals surface area contributed by atoms with Gasteiger partial charge in [-0.25, -0.2) is 0 Å². The van der Waals surface area contributed by atoms with E-state index in [9.17, 15) is 4.79 Å². The predicted molar refractivity (Wildman–Crippen MR) is 108 cm³/mol. The Morgan fingerprint density at radius 1 is 1.27 bits per heavy atom. The number of likely N-dealkylation sites (tertiary alicyclic amines) is 1. The van der Waals surface area contributed by atoms with Gasteiger partial charge < -0.3 is 10.2 Å². The average Bonchev–Trinajstić information content (AvgIpc) is 2.91. The van der Waals surface area contributed by atoms with Gasteiger partial charge in [-0.1, -0.05) is 44.0 Å². The molecule has 1 aromatic carbocycles. The summed E-state index contributed by atoms with van der Waals surface area (Å²) in [7, 11) is 0. The van der Waals surface area contributed by atoms with E-state index in [1.165, 1.54) is 69.3 Å². The highest BCUT2D eigenvalue weighted by molar-refractivity contribution is 5.73. The van der Waals surface area contributed by atoms with Crippen LogP contribution in [0.4, 0.5) is 0 Å². The molecular weight excluding hydrogens is 320 g/mol. The molecule has 2 fully saturated rings. The normalized spacial score (nSPS) is 30.9. The summed E-state index contributed by atoms with van der Waals surface area (Å²) in [4.78, 5) is 14.4. The first-order chi connectivity index (χ1) is 12.6. The zero-order valence-electron chi connectivity index (χ0n) is 16.5. The Labute approximate surface area is 160 Å². The molecule has 3 atom stereocenters. The van der Waals surface area contributed by atoms with Gasteiger partial charge in [0.1, 0.15) is 0 Å². The van der Waals surface area contributed by atoms with Gasteiger partial charge in [-0.2, -0.15) is 0 Å². The van der Waals surface area contributed by atoms with E-state index < -0.39 is 0 Å². The topological polar surface area (TPSA) is 32.3 Å². The number of fused-ring (bicyclic) bond motifs is 2. The SMILES string of the molecule is CC(=O)NC1CC2(CCN(C[C@@H]3CCC[C@@H](C)C3)CC2)c2ccccc21.[HH]. The molecule has 0 radical (unpaired) electrons. The minimum Gasteiger partial charge on any atom is -0.349 e. The lowest BCUT2D eigenvalue weighted by molar-refractivity contribution is -0.119. The molecule has 1 heterocycles. The number of hydrogen-bond acceptors (Lipinski definition) is 2. The van der Waals surface area contributed by atoms with Gasteiger partial charge in [0, 0.05) is 20.3 Å². The molecule has 1 amide bonds. The van der Waals surface area contributed by atoms with Crippen molar-refractivity contribution in [3.8, 4) is 0 Å². The van der Waals surface area contributed by atoms with E-state index in [-0.39, 0.29) is 18.8 Å². The summed E-state index contributed by atoms with van der Waals surface area (Å²) in [6.07, 6.45) is 9.27. The number of carbonyl (C=O) groups excluding carboxylic acids is 1. The second-order valence-corrected chi connectivity index (χ2v) is 9.26. The Morgan fingerprint density at radius 3 is 2.77 bits per heavy atom. The fourth-order valence-corrected chi connectivity index (χ4v) is 6.00. The zero-order valence-corrected chi connectivity index (χ0v) is 16.5. The van der Waals surface area contributed by atoms with Gasteiger partial charge in [0.25, 0.3) is 0 Å². The molecule has 26 heavy (non-hydrogen) atoms. The third kappa shape index (κ3) is 3.55. The standard InChI is InChI=1S/C23H34N2O.H2/c1-17-6-5-7-19(14-17)16-25-12-10-23(11-13-25)15-22(24-18(2)26)20-8-3-4-9-21(20)23;/h3-4,8-9,17,19,22H,5-7,10-16H2,1-2H3,(H,24,26);1H/t17-,19-,22?;/m1./s1. The fourth-order valence-electron chi connectivity index (χ4n) is 6.00. The average molecular weight is 357 g/mol. The van der Waals surface area contributed by atoms with Crippen LogP contribution in [0.15, 0.2) is 24.3 Å². The van der Waals surface area contributed by atoms with Crippen LogP contribution in [0, 0.1) is 11.8 Å². The van der Waals surface area contributed by atoms with Crippen LogP contribution in [-0.4, -0.2) is 30.4 Å². The molecule has 1 saturated heterocycles. The maximum absolute atomic E-state index is 11.7. The molecule has 4 rings (SSSR count). The largest absolute Gasteiger partial charge is 0.349 e. The number of carbonyl (C=O) groups is 1. The monoisotopic (exact) mass is 356 g/mol. The minimum absolute atomic E-state index is 0. The van der Waals surface area contributed by atoms with Crippen LogP contribution in [0.1, 0.15) is 77.4 Å². The first-order valence-corrected chi connectivity index (χ1v) is 10.6. The van der Waals surface area contributed by atoms with Gasteiger partial charge in [-0.3, -0.25) is 4.79 Å². The maximum atomic E-state index is 11.7. The molecule has 1 aliphatic heterocycles. The Kier molecular flexibility index (Phi) is 5.09. The van der Waals surface area contributed by atoms with Crippen LogP contribution in [0.3, 0.4) is 0 Å². The molecule has 1 spiro atoms. The summed E-state index contributed by atoms with van der Waals surface area (Å²) >= 11 is 0. The highest BCUT2D eigenvalue weighted by Crippen LogP contribution is 2.50. The highest BCUT2D eigenvalue weighted by Gasteiger charge is 2.45. The summed E-state index contributed by atoms with van der Waals surface area (Å²) in [5.74, 6) is 1.92. The highest BCUT2D eigenvalue weighted by atomic mass is 16.1. The van der Waals surface area contributed by atoms with Crippen molar-refractivity contribution in [2.75, 3.05) is 19.6 Å². The van der Waals surface area contributed by atoms with Crippen LogP contribution < -0.4 is 5.32 Å². The minimum atomic E-state index is 0. The summed E-state index contributed by atoms with van der Waals surface area (Å²) in [5.41, 5.74) is 3.14. The number of benzene rings is 1. The van der Waals surface area contributed by atoms with Crippen molar-refractivity contribution in [1.82, 2.24) is 10.2 Å². The van der Waals surface area contributed by atoms with Crippen molar-refractivity contribution in [3.05, 3.63) is 35.4 Å². The zero-order chi connectivity index (χ0) is 18.1. The smallest absolute Gasteiger partial charge is 0.217 e. The molecule has 1 N–H and O–H groups in total. The Morgan fingerprint density at radius 2 is 2.04 bits per heavy atom.